The Morgan fingerprint density at radius 2 is 1.73 bits per heavy atom. The maximum absolute atomic E-state index is 12.6. The number of piperidine rings is 1. The van der Waals surface area contributed by atoms with Gasteiger partial charge in [0.15, 0.2) is 0 Å². The van der Waals surface area contributed by atoms with Crippen molar-refractivity contribution in [3.63, 3.8) is 0 Å². The Bertz CT molecular complexity index is 1310. The van der Waals surface area contributed by atoms with Crippen LogP contribution in [0.3, 0.4) is 0 Å². The van der Waals surface area contributed by atoms with Gasteiger partial charge in [-0.15, -0.1) is 0 Å². The van der Waals surface area contributed by atoms with Crippen molar-refractivity contribution < 1.29 is 23.1 Å². The van der Waals surface area contributed by atoms with Crippen molar-refractivity contribution in [3.8, 4) is 0 Å². The van der Waals surface area contributed by atoms with Gasteiger partial charge in [-0.3, -0.25) is 9.59 Å². The standard InChI is InChI=1S/C25H28N6O5S/c32-23(28-16-22(24(33)34)30-37(35,36)21-7-2-1-3-8-21)18-9-11-20(12-10-18)31-15-4-6-19(17-31)29-25-26-13-5-14-27-25/h1-3,5,7-14,19,22,30H,4,6,15-17H2,(H,28,32)(H,33,34)(H,26,27,29)/t19?,22-/m0/s1. The number of sulfonamides is 1. The van der Waals surface area contributed by atoms with Crippen molar-refractivity contribution >= 4 is 33.5 Å². The number of carbonyl (C=O) groups excluding carboxylic acids is 1. The molecule has 0 spiro atoms. The highest BCUT2D eigenvalue weighted by Crippen LogP contribution is 2.22. The summed E-state index contributed by atoms with van der Waals surface area (Å²) in [6.07, 6.45) is 5.36. The number of aromatic nitrogens is 2. The zero-order chi connectivity index (χ0) is 26.3. The lowest BCUT2D eigenvalue weighted by Gasteiger charge is -2.34. The molecule has 1 amide bonds. The monoisotopic (exact) mass is 524 g/mol. The van der Waals surface area contributed by atoms with Gasteiger partial charge in [0, 0.05) is 49.3 Å². The maximum Gasteiger partial charge on any atom is 0.323 e. The van der Waals surface area contributed by atoms with Crippen molar-refractivity contribution in [1.29, 1.82) is 0 Å². The van der Waals surface area contributed by atoms with Crippen LogP contribution in [0.1, 0.15) is 23.2 Å². The van der Waals surface area contributed by atoms with E-state index in [-0.39, 0.29) is 10.9 Å². The van der Waals surface area contributed by atoms with Crippen LogP contribution in [0.25, 0.3) is 0 Å². The molecule has 1 fully saturated rings. The summed E-state index contributed by atoms with van der Waals surface area (Å²) in [5.74, 6) is -1.31. The number of amides is 1. The van der Waals surface area contributed by atoms with Crippen LogP contribution in [0.15, 0.2) is 78.0 Å². The van der Waals surface area contributed by atoms with Crippen molar-refractivity contribution in [2.75, 3.05) is 29.9 Å². The second kappa shape index (κ2) is 11.8. The van der Waals surface area contributed by atoms with E-state index < -0.39 is 34.5 Å². The molecule has 0 aliphatic carbocycles. The van der Waals surface area contributed by atoms with Crippen LogP contribution < -0.4 is 20.3 Å². The number of hydrogen-bond acceptors (Lipinski definition) is 8. The summed E-state index contributed by atoms with van der Waals surface area (Å²) >= 11 is 0. The van der Waals surface area contributed by atoms with Crippen molar-refractivity contribution in [2.24, 2.45) is 0 Å². The van der Waals surface area contributed by atoms with Gasteiger partial charge in [-0.25, -0.2) is 18.4 Å². The summed E-state index contributed by atoms with van der Waals surface area (Å²) in [5, 5.41) is 15.3. The zero-order valence-electron chi connectivity index (χ0n) is 19.9. The second-order valence-electron chi connectivity index (χ2n) is 8.58. The molecule has 2 aromatic carbocycles. The van der Waals surface area contributed by atoms with Crippen LogP contribution in [-0.4, -0.2) is 67.1 Å². The number of benzene rings is 2. The highest BCUT2D eigenvalue weighted by Gasteiger charge is 2.26. The van der Waals surface area contributed by atoms with E-state index in [4.69, 9.17) is 0 Å². The fraction of sp³-hybridized carbons (Fsp3) is 0.280. The molecule has 1 aliphatic heterocycles. The molecule has 3 aromatic rings. The minimum atomic E-state index is -4.06. The van der Waals surface area contributed by atoms with Crippen LogP contribution in [0, 0.1) is 0 Å². The fourth-order valence-electron chi connectivity index (χ4n) is 4.04. The summed E-state index contributed by atoms with van der Waals surface area (Å²) in [5.41, 5.74) is 1.29. The smallest absolute Gasteiger partial charge is 0.323 e. The summed E-state index contributed by atoms with van der Waals surface area (Å²) in [7, 11) is -4.06. The van der Waals surface area contributed by atoms with Gasteiger partial charge in [-0.1, -0.05) is 18.2 Å². The molecule has 0 saturated carbocycles. The van der Waals surface area contributed by atoms with E-state index in [2.05, 4.69) is 30.2 Å². The van der Waals surface area contributed by atoms with E-state index in [1.54, 1.807) is 36.7 Å². The summed E-state index contributed by atoms with van der Waals surface area (Å²) in [6, 6.07) is 14.9. The van der Waals surface area contributed by atoms with Gasteiger partial charge in [0.1, 0.15) is 6.04 Å². The van der Waals surface area contributed by atoms with Crippen molar-refractivity contribution in [2.45, 2.75) is 29.8 Å². The first-order valence-corrected chi connectivity index (χ1v) is 13.3. The van der Waals surface area contributed by atoms with E-state index >= 15 is 0 Å². The number of carboxylic acids is 1. The molecular formula is C25H28N6O5S. The SMILES string of the molecule is O=C(NC[C@H](NS(=O)(=O)c1ccccc1)C(=O)O)c1ccc(N2CCCC(Nc3ncccn3)C2)cc1. The molecule has 1 saturated heterocycles. The Morgan fingerprint density at radius 3 is 2.41 bits per heavy atom. The highest BCUT2D eigenvalue weighted by molar-refractivity contribution is 7.89. The lowest BCUT2D eigenvalue weighted by Crippen LogP contribution is -2.48. The quantitative estimate of drug-likeness (QED) is 0.310. The first kappa shape index (κ1) is 26.0. The van der Waals surface area contributed by atoms with Gasteiger partial charge in [-0.05, 0) is 55.3 Å². The zero-order valence-corrected chi connectivity index (χ0v) is 20.8. The molecular weight excluding hydrogens is 496 g/mol. The van der Waals surface area contributed by atoms with Crippen LogP contribution in [0.4, 0.5) is 11.6 Å². The predicted octanol–water partition coefficient (Wildman–Crippen LogP) is 1.72. The predicted molar refractivity (Wildman–Crippen MR) is 138 cm³/mol. The molecule has 1 aliphatic rings. The van der Waals surface area contributed by atoms with E-state index in [0.717, 1.165) is 31.6 Å². The molecule has 4 rings (SSSR count). The Hall–Kier alpha value is -4.03. The molecule has 12 heteroatoms. The van der Waals surface area contributed by atoms with Gasteiger partial charge >= 0.3 is 5.97 Å². The number of rotatable bonds is 10. The lowest BCUT2D eigenvalue weighted by atomic mass is 10.0. The third-order valence-corrected chi connectivity index (χ3v) is 7.42. The van der Waals surface area contributed by atoms with Gasteiger partial charge in [0.25, 0.3) is 5.91 Å². The average molecular weight is 525 g/mol. The number of nitrogens with one attached hydrogen (secondary N) is 3. The Morgan fingerprint density at radius 1 is 1.03 bits per heavy atom. The molecule has 4 N–H and O–H groups in total. The molecule has 194 valence electrons. The van der Waals surface area contributed by atoms with Gasteiger partial charge in [0.2, 0.25) is 16.0 Å². The summed E-state index contributed by atoms with van der Waals surface area (Å²) in [4.78, 5) is 34.8. The molecule has 2 atom stereocenters. The van der Waals surface area contributed by atoms with Crippen LogP contribution >= 0.6 is 0 Å². The Labute approximate surface area is 215 Å². The Balaban J connectivity index is 1.33. The topological polar surface area (TPSA) is 154 Å². The lowest BCUT2D eigenvalue weighted by molar-refractivity contribution is -0.138. The number of anilines is 2. The van der Waals surface area contributed by atoms with E-state index in [1.165, 1.54) is 24.3 Å². The molecule has 1 aromatic heterocycles. The minimum Gasteiger partial charge on any atom is -0.480 e. The average Bonchev–Trinajstić information content (AvgIpc) is 2.92. The van der Waals surface area contributed by atoms with E-state index in [9.17, 15) is 23.1 Å². The van der Waals surface area contributed by atoms with Crippen LogP contribution in [-0.2, 0) is 14.8 Å². The largest absolute Gasteiger partial charge is 0.480 e. The number of nitrogens with zero attached hydrogens (tertiary/aromatic N) is 3. The van der Waals surface area contributed by atoms with Crippen LogP contribution in [0.2, 0.25) is 0 Å². The first-order valence-electron chi connectivity index (χ1n) is 11.8. The molecule has 2 heterocycles. The number of hydrogen-bond donors (Lipinski definition) is 4. The molecule has 37 heavy (non-hydrogen) atoms. The third kappa shape index (κ3) is 7.02. The van der Waals surface area contributed by atoms with Gasteiger partial charge in [0.05, 0.1) is 4.90 Å². The first-order chi connectivity index (χ1) is 17.8. The number of carbonyl (C=O) groups is 2. The summed E-state index contributed by atoms with van der Waals surface area (Å²) < 4.78 is 27.1. The third-order valence-electron chi connectivity index (χ3n) is 5.93. The van der Waals surface area contributed by atoms with Crippen LogP contribution in [0.5, 0.6) is 0 Å². The van der Waals surface area contributed by atoms with Gasteiger partial charge in [-0.2, -0.15) is 4.72 Å². The molecule has 11 nitrogen and oxygen atoms in total. The molecule has 1 unspecified atom stereocenters. The van der Waals surface area contributed by atoms with E-state index in [1.807, 2.05) is 12.1 Å². The van der Waals surface area contributed by atoms with E-state index in [0.29, 0.717) is 11.5 Å². The van der Waals surface area contributed by atoms with Crippen molar-refractivity contribution in [3.05, 3.63) is 78.6 Å². The summed E-state index contributed by atoms with van der Waals surface area (Å²) in [6.45, 7) is 1.22. The highest BCUT2D eigenvalue weighted by atomic mass is 32.2. The number of aliphatic carboxylic acids is 1. The van der Waals surface area contributed by atoms with Gasteiger partial charge < -0.3 is 20.6 Å². The molecule has 0 bridgehead atoms. The molecule has 0 radical (unpaired) electrons. The number of carboxylic acid groups (broad SMARTS) is 1. The Kier molecular flexibility index (Phi) is 8.31. The van der Waals surface area contributed by atoms with Crippen molar-refractivity contribution in [1.82, 2.24) is 20.0 Å². The maximum atomic E-state index is 12.6. The second-order valence-corrected chi connectivity index (χ2v) is 10.3. The fourth-order valence-corrected chi connectivity index (χ4v) is 5.25. The minimum absolute atomic E-state index is 0.0605. The normalized spacial score (nSPS) is 16.5.